The van der Waals surface area contributed by atoms with Crippen molar-refractivity contribution in [2.24, 2.45) is 5.41 Å². The van der Waals surface area contributed by atoms with Crippen molar-refractivity contribution >= 4 is 17.8 Å². The van der Waals surface area contributed by atoms with E-state index in [4.69, 9.17) is 34.0 Å². The molecule has 3 rings (SSSR count). The Hall–Kier alpha value is -2.92. The molecule has 0 spiro atoms. The van der Waals surface area contributed by atoms with Gasteiger partial charge in [-0.25, -0.2) is 19.6 Å². The summed E-state index contributed by atoms with van der Waals surface area (Å²) in [7, 11) is 5.77. The van der Waals surface area contributed by atoms with Crippen molar-refractivity contribution in [1.82, 2.24) is 14.9 Å². The second-order valence-electron chi connectivity index (χ2n) is 8.92. The number of hydrogen-bond donors (Lipinski definition) is 2. The number of carbonyl (C=O) groups is 2. The van der Waals surface area contributed by atoms with E-state index in [1.54, 1.807) is 13.4 Å². The molecule has 2 N–H and O–H groups in total. The van der Waals surface area contributed by atoms with E-state index in [9.17, 15) is 26.3 Å². The first-order valence-electron chi connectivity index (χ1n) is 11.6. The maximum Gasteiger partial charge on any atom is 0.490 e. The van der Waals surface area contributed by atoms with E-state index in [0.29, 0.717) is 5.88 Å². The molecule has 2 fully saturated rings. The third kappa shape index (κ3) is 11.8. The highest BCUT2D eigenvalue weighted by molar-refractivity contribution is 5.73. The molecule has 0 bridgehead atoms. The van der Waals surface area contributed by atoms with Gasteiger partial charge >= 0.3 is 24.3 Å². The Bertz CT molecular complexity index is 896. The molecule has 224 valence electrons. The average molecular weight is 579 g/mol. The number of carboxylic acids is 2. The fourth-order valence-electron chi connectivity index (χ4n) is 3.83. The Labute approximate surface area is 220 Å². The second kappa shape index (κ2) is 15.0. The SMILES string of the molecule is COc1cc(N2CCC3OCCCC3(COCCN(C)C)C2)ncn1.O=C(O)C(F)(F)F.O=C(O)C(F)(F)F. The van der Waals surface area contributed by atoms with Crippen LogP contribution >= 0.6 is 0 Å². The highest BCUT2D eigenvalue weighted by Gasteiger charge is 2.46. The van der Waals surface area contributed by atoms with Gasteiger partial charge in [0.2, 0.25) is 5.88 Å². The number of fused-ring (bicyclic) bond motifs is 1. The number of likely N-dealkylation sites (N-methyl/N-ethyl adjacent to an activating group) is 1. The molecule has 2 aliphatic rings. The van der Waals surface area contributed by atoms with E-state index in [-0.39, 0.29) is 11.5 Å². The number of aliphatic carboxylic acids is 2. The number of halogens is 6. The average Bonchev–Trinajstić information content (AvgIpc) is 2.86. The fourth-order valence-corrected chi connectivity index (χ4v) is 3.83. The standard InChI is InChI=1S/C18H30N4O3.2C2HF3O2/c1-21(2)8-10-24-13-18-6-4-9-25-15(18)5-7-22(12-18)16-11-17(23-3)20-14-19-16;2*3-2(4,5)1(6)7/h11,14-15H,4-10,12-13H2,1-3H3;2*(H,6,7). The summed E-state index contributed by atoms with van der Waals surface area (Å²) < 4.78 is 80.9. The number of rotatable bonds is 7. The van der Waals surface area contributed by atoms with Crippen LogP contribution in [0.15, 0.2) is 12.4 Å². The summed E-state index contributed by atoms with van der Waals surface area (Å²) >= 11 is 0. The largest absolute Gasteiger partial charge is 0.490 e. The van der Waals surface area contributed by atoms with Crippen LogP contribution in [-0.2, 0) is 19.1 Å². The van der Waals surface area contributed by atoms with Gasteiger partial charge in [-0.1, -0.05) is 0 Å². The third-order valence-electron chi connectivity index (χ3n) is 5.71. The molecule has 0 aliphatic carbocycles. The molecule has 11 nitrogen and oxygen atoms in total. The van der Waals surface area contributed by atoms with E-state index in [2.05, 4.69) is 33.9 Å². The third-order valence-corrected chi connectivity index (χ3v) is 5.71. The lowest BCUT2D eigenvalue weighted by Gasteiger charge is -2.50. The lowest BCUT2D eigenvalue weighted by atomic mass is 9.73. The Morgan fingerprint density at radius 2 is 1.74 bits per heavy atom. The van der Waals surface area contributed by atoms with Crippen LogP contribution < -0.4 is 9.64 Å². The Morgan fingerprint density at radius 3 is 2.26 bits per heavy atom. The van der Waals surface area contributed by atoms with Gasteiger partial charge in [0.15, 0.2) is 0 Å². The van der Waals surface area contributed by atoms with Crippen molar-refractivity contribution in [3.05, 3.63) is 12.4 Å². The molecule has 2 saturated heterocycles. The van der Waals surface area contributed by atoms with Crippen LogP contribution in [-0.4, -0.2) is 116 Å². The van der Waals surface area contributed by atoms with E-state index >= 15 is 0 Å². The second-order valence-corrected chi connectivity index (χ2v) is 8.92. The lowest BCUT2D eigenvalue weighted by Crippen LogP contribution is -2.57. The molecule has 1 aromatic rings. The molecule has 2 aliphatic heterocycles. The summed E-state index contributed by atoms with van der Waals surface area (Å²) in [6.07, 6.45) is -5.09. The smallest absolute Gasteiger partial charge is 0.481 e. The molecular weight excluding hydrogens is 546 g/mol. The number of carboxylic acid groups (broad SMARTS) is 2. The van der Waals surface area contributed by atoms with Gasteiger partial charge in [0.05, 0.1) is 26.4 Å². The number of nitrogens with zero attached hydrogens (tertiary/aromatic N) is 4. The van der Waals surface area contributed by atoms with E-state index in [0.717, 1.165) is 64.5 Å². The van der Waals surface area contributed by atoms with Crippen molar-refractivity contribution < 1.29 is 60.4 Å². The molecule has 39 heavy (non-hydrogen) atoms. The summed E-state index contributed by atoms with van der Waals surface area (Å²) in [5.41, 5.74) is 0.0427. The van der Waals surface area contributed by atoms with Gasteiger partial charge in [-0.05, 0) is 33.4 Å². The van der Waals surface area contributed by atoms with Gasteiger partial charge in [-0.2, -0.15) is 26.3 Å². The van der Waals surface area contributed by atoms with Gasteiger partial charge in [0, 0.05) is 37.7 Å². The normalized spacial score (nSPS) is 21.1. The van der Waals surface area contributed by atoms with Crippen molar-refractivity contribution in [2.75, 3.05) is 65.6 Å². The molecule has 0 radical (unpaired) electrons. The van der Waals surface area contributed by atoms with E-state index in [1.807, 2.05) is 6.07 Å². The molecule has 17 heteroatoms. The topological polar surface area (TPSA) is 135 Å². The molecular formula is C22H32F6N4O7. The zero-order valence-electron chi connectivity index (χ0n) is 21.6. The minimum Gasteiger partial charge on any atom is -0.481 e. The fraction of sp³-hybridized carbons (Fsp3) is 0.727. The maximum absolute atomic E-state index is 10.6. The number of alkyl halides is 6. The van der Waals surface area contributed by atoms with Gasteiger partial charge in [-0.15, -0.1) is 0 Å². The van der Waals surface area contributed by atoms with E-state index < -0.39 is 24.3 Å². The van der Waals surface area contributed by atoms with Crippen molar-refractivity contribution in [1.29, 1.82) is 0 Å². The highest BCUT2D eigenvalue weighted by Crippen LogP contribution is 2.41. The first-order valence-corrected chi connectivity index (χ1v) is 11.6. The quantitative estimate of drug-likeness (QED) is 0.365. The minimum atomic E-state index is -5.08. The maximum atomic E-state index is 10.6. The molecule has 0 amide bonds. The number of piperidine rings is 1. The predicted octanol–water partition coefficient (Wildman–Crippen LogP) is 2.71. The monoisotopic (exact) mass is 578 g/mol. The zero-order chi connectivity index (χ0) is 29.9. The summed E-state index contributed by atoms with van der Waals surface area (Å²) in [4.78, 5) is 30.8. The van der Waals surface area contributed by atoms with Crippen LogP contribution in [0.3, 0.4) is 0 Å². The van der Waals surface area contributed by atoms with Crippen molar-refractivity contribution in [2.45, 2.75) is 37.7 Å². The zero-order valence-corrected chi connectivity index (χ0v) is 21.6. The Morgan fingerprint density at radius 1 is 1.15 bits per heavy atom. The summed E-state index contributed by atoms with van der Waals surface area (Å²) in [5, 5.41) is 14.2. The number of methoxy groups -OCH3 is 1. The van der Waals surface area contributed by atoms with Gasteiger partial charge in [0.25, 0.3) is 0 Å². The van der Waals surface area contributed by atoms with Gasteiger partial charge in [0.1, 0.15) is 12.1 Å². The highest BCUT2D eigenvalue weighted by atomic mass is 19.4. The Kier molecular flexibility index (Phi) is 13.1. The van der Waals surface area contributed by atoms with Crippen LogP contribution in [0.1, 0.15) is 19.3 Å². The molecule has 0 saturated carbocycles. The summed E-state index contributed by atoms with van der Waals surface area (Å²) in [5.74, 6) is -3.99. The summed E-state index contributed by atoms with van der Waals surface area (Å²) in [6, 6.07) is 1.91. The molecule has 0 aromatic carbocycles. The molecule has 2 atom stereocenters. The Balaban J connectivity index is 0.000000449. The summed E-state index contributed by atoms with van der Waals surface area (Å²) in [6.45, 7) is 5.14. The predicted molar refractivity (Wildman–Crippen MR) is 124 cm³/mol. The first kappa shape index (κ1) is 34.1. The van der Waals surface area contributed by atoms with Crippen LogP contribution in [0.5, 0.6) is 5.88 Å². The molecule has 1 aromatic heterocycles. The van der Waals surface area contributed by atoms with Crippen LogP contribution in [0.4, 0.5) is 32.2 Å². The molecule has 2 unspecified atom stereocenters. The van der Waals surface area contributed by atoms with Crippen LogP contribution in [0.25, 0.3) is 0 Å². The number of anilines is 1. The van der Waals surface area contributed by atoms with Crippen LogP contribution in [0.2, 0.25) is 0 Å². The number of hydrogen-bond acceptors (Lipinski definition) is 9. The van der Waals surface area contributed by atoms with Crippen molar-refractivity contribution in [3.8, 4) is 5.88 Å². The van der Waals surface area contributed by atoms with Gasteiger partial charge < -0.3 is 34.2 Å². The number of aromatic nitrogens is 2. The minimum absolute atomic E-state index is 0.0427. The molecule has 3 heterocycles. The van der Waals surface area contributed by atoms with Crippen LogP contribution in [0, 0.1) is 5.41 Å². The lowest BCUT2D eigenvalue weighted by molar-refractivity contribution is -0.193. The number of ether oxygens (including phenoxy) is 3. The first-order chi connectivity index (χ1) is 18.0. The van der Waals surface area contributed by atoms with E-state index in [1.165, 1.54) is 0 Å². The van der Waals surface area contributed by atoms with Gasteiger partial charge in [-0.3, -0.25) is 0 Å². The van der Waals surface area contributed by atoms with Crippen molar-refractivity contribution in [3.63, 3.8) is 0 Å².